The molecule has 0 heterocycles. The van der Waals surface area contributed by atoms with E-state index in [0.29, 0.717) is 17.9 Å². The normalized spacial score (nSPS) is 26.5. The van der Waals surface area contributed by atoms with Crippen LogP contribution < -0.4 is 0 Å². The molecule has 6 fully saturated rings. The number of carboxylic acid groups (broad SMARTS) is 1. The first-order chi connectivity index (χ1) is 34.9. The van der Waals surface area contributed by atoms with E-state index >= 15 is 0 Å². The van der Waals surface area contributed by atoms with Crippen molar-refractivity contribution in [2.45, 2.75) is 249 Å². The molecule has 6 atom stereocenters. The Balaban J connectivity index is 0.000000230. The zero-order valence-electron chi connectivity index (χ0n) is 45.5. The van der Waals surface area contributed by atoms with Crippen molar-refractivity contribution in [1.82, 2.24) is 9.80 Å². The third-order valence-corrected chi connectivity index (χ3v) is 18.3. The fraction of sp³-hybridized carbons (Fsp3) is 0.790. The van der Waals surface area contributed by atoms with Crippen molar-refractivity contribution < 1.29 is 41.4 Å². The van der Waals surface area contributed by atoms with Gasteiger partial charge in [-0.2, -0.15) is 26.3 Å². The summed E-state index contributed by atoms with van der Waals surface area (Å²) in [6.45, 7) is 12.2. The number of carbonyl (C=O) groups is 1. The molecule has 0 amide bonds. The SMILES string of the molecule is CC.CC(C)(O)CC1CCC(N(CC2CCCCC2)CC2CCCCC2)C(c2ccc(C(F)(F)F)cc2)C1.O=C(O)CC1CCC(N(CCC2CCCC2)CC2CCCCC2)C(c2ccc(C(F)(F)F)cc2)C1. The number of hydrogen-bond acceptors (Lipinski definition) is 4. The van der Waals surface area contributed by atoms with Crippen LogP contribution in [0.4, 0.5) is 26.3 Å². The Morgan fingerprint density at radius 1 is 0.493 bits per heavy atom. The molecule has 414 valence electrons. The third-order valence-electron chi connectivity index (χ3n) is 18.3. The van der Waals surface area contributed by atoms with Crippen LogP contribution in [0.25, 0.3) is 0 Å². The van der Waals surface area contributed by atoms with Crippen molar-refractivity contribution in [2.24, 2.45) is 35.5 Å². The molecule has 0 bridgehead atoms. The van der Waals surface area contributed by atoms with Gasteiger partial charge in [0.2, 0.25) is 0 Å². The van der Waals surface area contributed by atoms with Gasteiger partial charge < -0.3 is 10.2 Å². The largest absolute Gasteiger partial charge is 0.481 e. The number of halogens is 6. The molecular weight excluding hydrogens is 935 g/mol. The van der Waals surface area contributed by atoms with Crippen LogP contribution in [0.3, 0.4) is 0 Å². The summed E-state index contributed by atoms with van der Waals surface area (Å²) in [6.07, 6.45) is 24.3. The lowest BCUT2D eigenvalue weighted by Gasteiger charge is -2.46. The Labute approximate surface area is 437 Å². The van der Waals surface area contributed by atoms with E-state index in [-0.39, 0.29) is 30.2 Å². The summed E-state index contributed by atoms with van der Waals surface area (Å²) < 4.78 is 79.5. The van der Waals surface area contributed by atoms with Crippen molar-refractivity contribution in [3.63, 3.8) is 0 Å². The average molecular weight is 1030 g/mol. The zero-order chi connectivity index (χ0) is 52.6. The highest BCUT2D eigenvalue weighted by Gasteiger charge is 2.41. The van der Waals surface area contributed by atoms with Crippen LogP contribution in [-0.4, -0.2) is 69.8 Å². The molecule has 0 aromatic heterocycles. The highest BCUT2D eigenvalue weighted by atomic mass is 19.4. The Kier molecular flexibility index (Phi) is 23.4. The van der Waals surface area contributed by atoms with Gasteiger partial charge in [-0.25, -0.2) is 0 Å². The van der Waals surface area contributed by atoms with Crippen molar-refractivity contribution >= 4 is 5.97 Å². The van der Waals surface area contributed by atoms with Crippen LogP contribution in [0.1, 0.15) is 242 Å². The lowest BCUT2D eigenvalue weighted by Crippen LogP contribution is -2.48. The van der Waals surface area contributed by atoms with Crippen molar-refractivity contribution in [3.05, 3.63) is 70.8 Å². The Morgan fingerprint density at radius 3 is 1.25 bits per heavy atom. The fourth-order valence-electron chi connectivity index (χ4n) is 14.7. The first kappa shape index (κ1) is 59.6. The topological polar surface area (TPSA) is 64.0 Å². The van der Waals surface area contributed by atoms with Gasteiger partial charge in [0, 0.05) is 38.1 Å². The minimum Gasteiger partial charge on any atom is -0.481 e. The zero-order valence-corrected chi connectivity index (χ0v) is 45.5. The number of carboxylic acids is 1. The van der Waals surface area contributed by atoms with Crippen LogP contribution in [0.2, 0.25) is 0 Å². The van der Waals surface area contributed by atoms with Crippen LogP contribution in [0, 0.1) is 35.5 Å². The van der Waals surface area contributed by atoms with E-state index in [1.54, 1.807) is 24.3 Å². The van der Waals surface area contributed by atoms with Crippen LogP contribution >= 0.6 is 0 Å². The molecule has 5 nitrogen and oxygen atoms in total. The minimum atomic E-state index is -4.34. The molecule has 6 unspecified atom stereocenters. The molecule has 11 heteroatoms. The second-order valence-corrected chi connectivity index (χ2v) is 24.5. The maximum absolute atomic E-state index is 13.3. The van der Waals surface area contributed by atoms with Gasteiger partial charge in [0.05, 0.1) is 16.7 Å². The number of aliphatic hydroxyl groups is 1. The van der Waals surface area contributed by atoms with Gasteiger partial charge >= 0.3 is 18.3 Å². The van der Waals surface area contributed by atoms with E-state index in [4.69, 9.17) is 0 Å². The molecule has 0 spiro atoms. The summed E-state index contributed by atoms with van der Waals surface area (Å²) in [4.78, 5) is 16.9. The monoisotopic (exact) mass is 1030 g/mol. The Bertz CT molecular complexity index is 1840. The molecule has 2 aromatic carbocycles. The van der Waals surface area contributed by atoms with E-state index in [1.807, 2.05) is 27.7 Å². The van der Waals surface area contributed by atoms with Gasteiger partial charge in [-0.05, 0) is 193 Å². The molecule has 2 N–H and O–H groups in total. The van der Waals surface area contributed by atoms with E-state index in [2.05, 4.69) is 9.80 Å². The number of aliphatic carboxylic acids is 1. The predicted octanol–water partition coefficient (Wildman–Crippen LogP) is 17.5. The minimum absolute atomic E-state index is 0.0856. The maximum Gasteiger partial charge on any atom is 0.416 e. The maximum atomic E-state index is 13.3. The quantitative estimate of drug-likeness (QED) is 0.155. The number of alkyl halides is 6. The molecule has 6 aliphatic rings. The molecular formula is C62H96F6N2O3. The Morgan fingerprint density at radius 2 is 0.849 bits per heavy atom. The lowest BCUT2D eigenvalue weighted by atomic mass is 9.70. The number of rotatable bonds is 17. The van der Waals surface area contributed by atoms with Crippen LogP contribution in [0.5, 0.6) is 0 Å². The molecule has 6 aliphatic carbocycles. The highest BCUT2D eigenvalue weighted by molar-refractivity contribution is 5.67. The summed E-state index contributed by atoms with van der Waals surface area (Å²) in [7, 11) is 0. The van der Waals surface area contributed by atoms with Gasteiger partial charge in [-0.1, -0.05) is 122 Å². The number of hydrogen-bond donors (Lipinski definition) is 2. The van der Waals surface area contributed by atoms with Crippen molar-refractivity contribution in [1.29, 1.82) is 0 Å². The van der Waals surface area contributed by atoms with Gasteiger partial charge in [0.15, 0.2) is 0 Å². The van der Waals surface area contributed by atoms with Crippen LogP contribution in [-0.2, 0) is 17.1 Å². The molecule has 8 rings (SSSR count). The molecule has 2 aromatic rings. The average Bonchev–Trinajstić information content (AvgIpc) is 3.90. The third kappa shape index (κ3) is 19.1. The summed E-state index contributed by atoms with van der Waals surface area (Å²) in [5.74, 6) is 3.04. The predicted molar refractivity (Wildman–Crippen MR) is 285 cm³/mol. The van der Waals surface area contributed by atoms with Gasteiger partial charge in [0.25, 0.3) is 0 Å². The van der Waals surface area contributed by atoms with E-state index in [9.17, 15) is 41.4 Å². The molecule has 0 aliphatic heterocycles. The summed E-state index contributed by atoms with van der Waals surface area (Å²) in [6, 6.07) is 12.4. The smallest absolute Gasteiger partial charge is 0.416 e. The van der Waals surface area contributed by atoms with Crippen molar-refractivity contribution in [3.8, 4) is 0 Å². The first-order valence-electron chi connectivity index (χ1n) is 29.6. The second-order valence-electron chi connectivity index (χ2n) is 24.5. The highest BCUT2D eigenvalue weighted by Crippen LogP contribution is 2.46. The van der Waals surface area contributed by atoms with Gasteiger partial charge in [-0.15, -0.1) is 0 Å². The van der Waals surface area contributed by atoms with E-state index in [1.165, 1.54) is 153 Å². The van der Waals surface area contributed by atoms with Gasteiger partial charge in [0.1, 0.15) is 0 Å². The van der Waals surface area contributed by atoms with Crippen molar-refractivity contribution in [2.75, 3.05) is 26.2 Å². The van der Waals surface area contributed by atoms with Gasteiger partial charge in [-0.3, -0.25) is 14.6 Å². The summed E-state index contributed by atoms with van der Waals surface area (Å²) >= 11 is 0. The summed E-state index contributed by atoms with van der Waals surface area (Å²) in [5.41, 5.74) is 0.0914. The molecule has 0 radical (unpaired) electrons. The molecule has 6 saturated carbocycles. The molecule has 73 heavy (non-hydrogen) atoms. The summed E-state index contributed by atoms with van der Waals surface area (Å²) in [5, 5.41) is 19.9. The lowest BCUT2D eigenvalue weighted by molar-refractivity contribution is -0.139. The first-order valence-corrected chi connectivity index (χ1v) is 29.6. The number of nitrogens with zero attached hydrogens (tertiary/aromatic N) is 2. The standard InChI is InChI=1S/C31H48F3NO.C29H42F3NO2.C2H6/c1-30(2,36)20-25-13-18-29(28(19-25)26-14-16-27(17-15-26)31(32,33)34)35(21-23-9-5-3-6-10-23)22-24-11-7-4-8-12-24;30-29(31,32)25-13-11-24(12-14-25)26-18-23(19-28(34)35)10-15-27(26)33(17-16-21-6-4-5-7-21)20-22-8-2-1-3-9-22;1-2/h14-17,23-25,28-29,36H,3-13,18-22H2,1-2H3;11-14,21-23,26-27H,1-10,15-20H2,(H,34,35);1-2H3. The Hall–Kier alpha value is -2.63. The molecule has 0 saturated heterocycles. The van der Waals surface area contributed by atoms with Crippen LogP contribution in [0.15, 0.2) is 48.5 Å². The number of benzene rings is 2. The second kappa shape index (κ2) is 28.7. The van der Waals surface area contributed by atoms with E-state index in [0.717, 1.165) is 100 Å². The van der Waals surface area contributed by atoms with E-state index < -0.39 is 35.0 Å². The fourth-order valence-corrected chi connectivity index (χ4v) is 14.7.